The Hall–Kier alpha value is -1.55. The lowest BCUT2D eigenvalue weighted by molar-refractivity contribution is -0.124. The van der Waals surface area contributed by atoms with Crippen molar-refractivity contribution in [2.45, 2.75) is 26.7 Å². The summed E-state index contributed by atoms with van der Waals surface area (Å²) in [6.45, 7) is 4.06. The Labute approximate surface area is 109 Å². The first-order valence-electron chi connectivity index (χ1n) is 6.05. The number of ether oxygens (including phenoxy) is 1. The Morgan fingerprint density at radius 2 is 1.94 bits per heavy atom. The van der Waals surface area contributed by atoms with Crippen LogP contribution in [0.5, 0.6) is 5.75 Å². The molecular formula is C14H22N2O2. The highest BCUT2D eigenvalue weighted by Gasteiger charge is 2.08. The number of benzene rings is 1. The van der Waals surface area contributed by atoms with Crippen molar-refractivity contribution < 1.29 is 9.53 Å². The summed E-state index contributed by atoms with van der Waals surface area (Å²) in [5.41, 5.74) is 6.20. The van der Waals surface area contributed by atoms with Crippen molar-refractivity contribution >= 4 is 5.91 Å². The summed E-state index contributed by atoms with van der Waals surface area (Å²) in [5.74, 6) is 0.932. The maximum absolute atomic E-state index is 11.6. The van der Waals surface area contributed by atoms with Crippen LogP contribution in [-0.4, -0.2) is 32.1 Å². The second kappa shape index (κ2) is 6.40. The fraction of sp³-hybridized carbons (Fsp3) is 0.500. The Balaban J connectivity index is 2.68. The van der Waals surface area contributed by atoms with E-state index in [0.29, 0.717) is 6.42 Å². The highest BCUT2D eigenvalue weighted by atomic mass is 16.5. The van der Waals surface area contributed by atoms with Gasteiger partial charge >= 0.3 is 0 Å². The minimum Gasteiger partial charge on any atom is -0.496 e. The van der Waals surface area contributed by atoms with Crippen LogP contribution in [0.2, 0.25) is 0 Å². The number of hydrogen-bond donors (Lipinski definition) is 1. The highest BCUT2D eigenvalue weighted by Crippen LogP contribution is 2.23. The zero-order chi connectivity index (χ0) is 13.7. The predicted molar refractivity (Wildman–Crippen MR) is 72.6 cm³/mol. The molecule has 1 aromatic rings. The van der Waals surface area contributed by atoms with E-state index in [1.54, 1.807) is 26.2 Å². The van der Waals surface area contributed by atoms with Gasteiger partial charge in [-0.15, -0.1) is 0 Å². The van der Waals surface area contributed by atoms with E-state index < -0.39 is 0 Å². The summed E-state index contributed by atoms with van der Waals surface area (Å²) in [6, 6.07) is 4.12. The summed E-state index contributed by atoms with van der Waals surface area (Å²) in [5, 5.41) is 1.66. The monoisotopic (exact) mass is 250 g/mol. The van der Waals surface area contributed by atoms with Gasteiger partial charge in [-0.2, -0.15) is 0 Å². The Morgan fingerprint density at radius 1 is 1.28 bits per heavy atom. The fourth-order valence-corrected chi connectivity index (χ4v) is 1.89. The molecule has 0 fully saturated rings. The molecule has 0 saturated carbocycles. The molecule has 4 heteroatoms. The van der Waals surface area contributed by atoms with Gasteiger partial charge in [-0.1, -0.05) is 6.07 Å². The molecule has 1 N–H and O–H groups in total. The van der Waals surface area contributed by atoms with E-state index in [1.807, 2.05) is 19.9 Å². The van der Waals surface area contributed by atoms with Gasteiger partial charge in [0.2, 0.25) is 5.91 Å². The topological polar surface area (TPSA) is 41.6 Å². The number of carbonyl (C=O) groups excluding carboxylic acids is 1. The normalized spacial score (nSPS) is 10.6. The smallest absolute Gasteiger partial charge is 0.234 e. The zero-order valence-corrected chi connectivity index (χ0v) is 11.8. The Morgan fingerprint density at radius 3 is 2.50 bits per heavy atom. The molecule has 4 nitrogen and oxygen atoms in total. The maximum atomic E-state index is 11.6. The Bertz CT molecular complexity index is 428. The van der Waals surface area contributed by atoms with Gasteiger partial charge in [-0.05, 0) is 43.0 Å². The van der Waals surface area contributed by atoms with Crippen LogP contribution < -0.4 is 10.2 Å². The van der Waals surface area contributed by atoms with E-state index in [4.69, 9.17) is 4.74 Å². The van der Waals surface area contributed by atoms with Crippen LogP contribution in [0.4, 0.5) is 0 Å². The number of hydrazine groups is 1. The average molecular weight is 250 g/mol. The van der Waals surface area contributed by atoms with Gasteiger partial charge < -0.3 is 4.74 Å². The lowest BCUT2D eigenvalue weighted by Gasteiger charge is -2.13. The van der Waals surface area contributed by atoms with Gasteiger partial charge in [-0.25, -0.2) is 5.01 Å². The number of amides is 1. The molecule has 0 radical (unpaired) electrons. The van der Waals surface area contributed by atoms with Crippen LogP contribution in [0.25, 0.3) is 0 Å². The van der Waals surface area contributed by atoms with Crippen molar-refractivity contribution in [2.75, 3.05) is 21.2 Å². The first-order chi connectivity index (χ1) is 8.43. The minimum atomic E-state index is 0.0351. The summed E-state index contributed by atoms with van der Waals surface area (Å²) in [6.07, 6.45) is 1.24. The molecule has 0 bridgehead atoms. The fourth-order valence-electron chi connectivity index (χ4n) is 1.89. The van der Waals surface area contributed by atoms with E-state index in [9.17, 15) is 4.79 Å². The van der Waals surface area contributed by atoms with Gasteiger partial charge in [0.1, 0.15) is 5.75 Å². The van der Waals surface area contributed by atoms with E-state index >= 15 is 0 Å². The molecule has 100 valence electrons. The number of aryl methyl sites for hydroxylation is 3. The molecule has 0 unspecified atom stereocenters. The molecule has 0 atom stereocenters. The maximum Gasteiger partial charge on any atom is 0.234 e. The lowest BCUT2D eigenvalue weighted by atomic mass is 10.0. The second-order valence-electron chi connectivity index (χ2n) is 4.68. The van der Waals surface area contributed by atoms with Gasteiger partial charge in [0, 0.05) is 20.5 Å². The minimum absolute atomic E-state index is 0.0351. The SMILES string of the molecule is COc1cc(C)c(CCC(=O)NN(C)C)cc1C. The molecule has 1 rings (SSSR count). The summed E-state index contributed by atoms with van der Waals surface area (Å²) >= 11 is 0. The third-order valence-corrected chi connectivity index (χ3v) is 2.82. The van der Waals surface area contributed by atoms with Gasteiger partial charge in [0.15, 0.2) is 0 Å². The molecule has 18 heavy (non-hydrogen) atoms. The molecule has 0 aromatic heterocycles. The first-order valence-corrected chi connectivity index (χ1v) is 6.05. The van der Waals surface area contributed by atoms with Crippen molar-refractivity contribution in [3.8, 4) is 5.75 Å². The van der Waals surface area contributed by atoms with Gasteiger partial charge in [-0.3, -0.25) is 10.2 Å². The van der Waals surface area contributed by atoms with E-state index in [-0.39, 0.29) is 5.91 Å². The average Bonchev–Trinajstić information content (AvgIpc) is 2.28. The molecule has 1 aromatic carbocycles. The summed E-state index contributed by atoms with van der Waals surface area (Å²) < 4.78 is 5.27. The largest absolute Gasteiger partial charge is 0.496 e. The van der Waals surface area contributed by atoms with E-state index in [1.165, 1.54) is 5.56 Å². The number of rotatable bonds is 5. The van der Waals surface area contributed by atoms with Crippen molar-refractivity contribution in [1.29, 1.82) is 0 Å². The highest BCUT2D eigenvalue weighted by molar-refractivity contribution is 5.75. The molecule has 0 saturated heterocycles. The van der Waals surface area contributed by atoms with Gasteiger partial charge in [0.05, 0.1) is 7.11 Å². The number of methoxy groups -OCH3 is 1. The Kier molecular flexibility index (Phi) is 5.16. The van der Waals surface area contributed by atoms with E-state index in [0.717, 1.165) is 23.3 Å². The van der Waals surface area contributed by atoms with Crippen LogP contribution in [0.3, 0.4) is 0 Å². The number of carbonyl (C=O) groups is 1. The second-order valence-corrected chi connectivity index (χ2v) is 4.68. The third kappa shape index (κ3) is 4.04. The molecule has 0 aliphatic carbocycles. The zero-order valence-electron chi connectivity index (χ0n) is 11.8. The molecule has 0 spiro atoms. The lowest BCUT2D eigenvalue weighted by Crippen LogP contribution is -2.36. The van der Waals surface area contributed by atoms with Crippen molar-refractivity contribution in [3.63, 3.8) is 0 Å². The molecular weight excluding hydrogens is 228 g/mol. The van der Waals surface area contributed by atoms with Crippen molar-refractivity contribution in [3.05, 3.63) is 28.8 Å². The number of nitrogens with one attached hydrogen (secondary N) is 1. The van der Waals surface area contributed by atoms with Crippen LogP contribution in [0, 0.1) is 13.8 Å². The summed E-state index contributed by atoms with van der Waals surface area (Å²) in [4.78, 5) is 11.6. The quantitative estimate of drug-likeness (QED) is 0.811. The van der Waals surface area contributed by atoms with Crippen LogP contribution in [-0.2, 0) is 11.2 Å². The first kappa shape index (κ1) is 14.5. The van der Waals surface area contributed by atoms with Crippen LogP contribution in [0.1, 0.15) is 23.1 Å². The van der Waals surface area contributed by atoms with Gasteiger partial charge in [0.25, 0.3) is 0 Å². The standard InChI is InChI=1S/C14H22N2O2/c1-10-9-13(18-5)11(2)8-12(10)6-7-14(17)15-16(3)4/h8-9H,6-7H2,1-5H3,(H,15,17). The number of nitrogens with zero attached hydrogens (tertiary/aromatic N) is 1. The van der Waals surface area contributed by atoms with Crippen molar-refractivity contribution in [1.82, 2.24) is 10.4 Å². The molecule has 0 aliphatic heterocycles. The predicted octanol–water partition coefficient (Wildman–Crippen LogP) is 1.84. The molecule has 0 heterocycles. The number of hydrogen-bond acceptors (Lipinski definition) is 3. The van der Waals surface area contributed by atoms with Crippen LogP contribution in [0.15, 0.2) is 12.1 Å². The van der Waals surface area contributed by atoms with Crippen LogP contribution >= 0.6 is 0 Å². The molecule has 0 aliphatic rings. The third-order valence-electron chi connectivity index (χ3n) is 2.82. The molecule has 1 amide bonds. The van der Waals surface area contributed by atoms with E-state index in [2.05, 4.69) is 11.5 Å². The summed E-state index contributed by atoms with van der Waals surface area (Å²) in [7, 11) is 5.29. The van der Waals surface area contributed by atoms with Crippen molar-refractivity contribution in [2.24, 2.45) is 0 Å².